The van der Waals surface area contributed by atoms with Crippen molar-refractivity contribution in [2.24, 2.45) is 0 Å². The van der Waals surface area contributed by atoms with Crippen molar-refractivity contribution in [3.05, 3.63) is 74.7 Å². The van der Waals surface area contributed by atoms with Gasteiger partial charge in [-0.3, -0.25) is 25.1 Å². The molecule has 0 aromatic heterocycles. The average Bonchev–Trinajstić information content (AvgIpc) is 2.95. The van der Waals surface area contributed by atoms with Crippen molar-refractivity contribution in [3.63, 3.8) is 0 Å². The fourth-order valence-corrected chi connectivity index (χ4v) is 3.66. The zero-order valence-electron chi connectivity index (χ0n) is 15.5. The molecule has 148 valence electrons. The Kier molecular flexibility index (Phi) is 5.95. The molecule has 8 nitrogen and oxygen atoms in total. The van der Waals surface area contributed by atoms with E-state index in [0.29, 0.717) is 4.91 Å². The number of thiocarbonyl (C=S) groups is 1. The molecule has 0 saturated carbocycles. The van der Waals surface area contributed by atoms with Crippen LogP contribution in [0.2, 0.25) is 0 Å². The number of anilines is 1. The van der Waals surface area contributed by atoms with Gasteiger partial charge in [0.15, 0.2) is 4.32 Å². The van der Waals surface area contributed by atoms with Gasteiger partial charge in [-0.05, 0) is 48.1 Å². The van der Waals surface area contributed by atoms with Gasteiger partial charge in [0.05, 0.1) is 9.83 Å². The van der Waals surface area contributed by atoms with Gasteiger partial charge in [0.25, 0.3) is 17.5 Å². The van der Waals surface area contributed by atoms with Crippen LogP contribution in [-0.4, -0.2) is 40.2 Å². The molecule has 2 aromatic carbocycles. The molecule has 2 aromatic rings. The van der Waals surface area contributed by atoms with E-state index in [2.05, 4.69) is 5.43 Å². The second kappa shape index (κ2) is 8.41. The summed E-state index contributed by atoms with van der Waals surface area (Å²) in [6.45, 7) is 0. The lowest BCUT2D eigenvalue weighted by Gasteiger charge is -2.15. The Labute approximate surface area is 176 Å². The minimum atomic E-state index is -0.590. The van der Waals surface area contributed by atoms with Gasteiger partial charge < -0.3 is 4.90 Å². The number of nitrogens with one attached hydrogen (secondary N) is 1. The summed E-state index contributed by atoms with van der Waals surface area (Å²) in [5.74, 6) is -1.03. The number of nitro benzene ring substituents is 1. The van der Waals surface area contributed by atoms with E-state index in [1.807, 2.05) is 43.3 Å². The van der Waals surface area contributed by atoms with Crippen LogP contribution in [0, 0.1) is 10.1 Å². The fraction of sp³-hybridized carbons (Fsp3) is 0.105. The number of rotatable bonds is 5. The number of non-ortho nitro benzene ring substituents is 1. The molecule has 1 N–H and O–H groups in total. The highest BCUT2D eigenvalue weighted by molar-refractivity contribution is 8.26. The first kappa shape index (κ1) is 20.5. The highest BCUT2D eigenvalue weighted by Gasteiger charge is 2.33. The summed E-state index contributed by atoms with van der Waals surface area (Å²) in [5.41, 5.74) is 4.36. The van der Waals surface area contributed by atoms with Gasteiger partial charge in [-0.25, -0.2) is 0 Å². The van der Waals surface area contributed by atoms with Gasteiger partial charge in [0.1, 0.15) is 0 Å². The number of benzene rings is 2. The van der Waals surface area contributed by atoms with Crippen molar-refractivity contribution < 1.29 is 14.5 Å². The normalized spacial score (nSPS) is 15.0. The summed E-state index contributed by atoms with van der Waals surface area (Å²) < 4.78 is 0.196. The third-order valence-electron chi connectivity index (χ3n) is 4.05. The Bertz CT molecular complexity index is 1020. The molecule has 1 heterocycles. The molecule has 0 bridgehead atoms. The van der Waals surface area contributed by atoms with Gasteiger partial charge in [0.2, 0.25) is 0 Å². The maximum absolute atomic E-state index is 12.6. The highest BCUT2D eigenvalue weighted by Crippen LogP contribution is 2.31. The van der Waals surface area contributed by atoms with Gasteiger partial charge in [-0.2, -0.15) is 5.01 Å². The molecule has 1 saturated heterocycles. The minimum absolute atomic E-state index is 0.129. The summed E-state index contributed by atoms with van der Waals surface area (Å²) in [6.07, 6.45) is 1.71. The first-order valence-corrected chi connectivity index (χ1v) is 9.59. The zero-order valence-corrected chi connectivity index (χ0v) is 17.1. The number of nitrogens with zero attached hydrogens (tertiary/aromatic N) is 3. The van der Waals surface area contributed by atoms with E-state index in [-0.39, 0.29) is 15.6 Å². The summed E-state index contributed by atoms with van der Waals surface area (Å²) in [4.78, 5) is 37.5. The van der Waals surface area contributed by atoms with Crippen LogP contribution in [0.5, 0.6) is 0 Å². The van der Waals surface area contributed by atoms with Crippen LogP contribution in [0.3, 0.4) is 0 Å². The second-order valence-corrected chi connectivity index (χ2v) is 7.92. The molecule has 2 amide bonds. The first-order valence-electron chi connectivity index (χ1n) is 8.37. The van der Waals surface area contributed by atoms with Crippen LogP contribution < -0.4 is 10.3 Å². The molecule has 3 rings (SSSR count). The van der Waals surface area contributed by atoms with Crippen LogP contribution in [0.4, 0.5) is 11.4 Å². The fourth-order valence-electron chi connectivity index (χ4n) is 2.48. The first-order chi connectivity index (χ1) is 13.8. The van der Waals surface area contributed by atoms with Crippen LogP contribution in [-0.2, 0) is 4.79 Å². The third kappa shape index (κ3) is 4.61. The van der Waals surface area contributed by atoms with E-state index in [4.69, 9.17) is 12.2 Å². The predicted molar refractivity (Wildman–Crippen MR) is 116 cm³/mol. The Balaban J connectivity index is 1.73. The van der Waals surface area contributed by atoms with Gasteiger partial charge in [-0.1, -0.05) is 23.9 Å². The largest absolute Gasteiger partial charge is 0.378 e. The molecule has 1 aliphatic heterocycles. The average molecular weight is 428 g/mol. The molecule has 0 spiro atoms. The van der Waals surface area contributed by atoms with Crippen molar-refractivity contribution in [1.82, 2.24) is 10.4 Å². The molecular formula is C19H16N4O4S2. The molecule has 0 radical (unpaired) electrons. The number of hydrogen-bond donors (Lipinski definition) is 1. The predicted octanol–water partition coefficient (Wildman–Crippen LogP) is 3.21. The van der Waals surface area contributed by atoms with E-state index in [1.165, 1.54) is 24.3 Å². The number of amides is 2. The van der Waals surface area contributed by atoms with Crippen molar-refractivity contribution in [2.75, 3.05) is 19.0 Å². The number of carbonyl (C=O) groups is 2. The molecular weight excluding hydrogens is 412 g/mol. The number of hydrazine groups is 1. The Morgan fingerprint density at radius 1 is 1.17 bits per heavy atom. The van der Waals surface area contributed by atoms with E-state index in [1.54, 1.807) is 6.08 Å². The molecule has 0 unspecified atom stereocenters. The molecule has 0 aliphatic carbocycles. The van der Waals surface area contributed by atoms with Crippen LogP contribution in [0.15, 0.2) is 53.4 Å². The van der Waals surface area contributed by atoms with E-state index < -0.39 is 16.7 Å². The Hall–Kier alpha value is -3.24. The summed E-state index contributed by atoms with van der Waals surface area (Å²) >= 11 is 6.29. The lowest BCUT2D eigenvalue weighted by molar-refractivity contribution is -0.384. The van der Waals surface area contributed by atoms with Crippen molar-refractivity contribution in [3.8, 4) is 0 Å². The van der Waals surface area contributed by atoms with E-state index in [0.717, 1.165) is 28.0 Å². The SMILES string of the molecule is CN(C)c1ccc(/C=C2/SC(=S)N(NC(=O)c3ccc([N+](=O)[O-])cc3)C2=O)cc1. The van der Waals surface area contributed by atoms with E-state index >= 15 is 0 Å². The topological polar surface area (TPSA) is 95.8 Å². The van der Waals surface area contributed by atoms with Crippen LogP contribution in [0.25, 0.3) is 6.08 Å². The lowest BCUT2D eigenvalue weighted by atomic mass is 10.2. The van der Waals surface area contributed by atoms with Gasteiger partial charge in [0, 0.05) is 37.5 Å². The molecule has 10 heteroatoms. The van der Waals surface area contributed by atoms with Crippen molar-refractivity contribution >= 4 is 57.6 Å². The standard InChI is InChI=1S/C19H16N4O4S2/c1-21(2)14-7-3-12(4-8-14)11-16-18(25)22(19(28)29-16)20-17(24)13-5-9-15(10-6-13)23(26)27/h3-11H,1-2H3,(H,20,24)/b16-11+. The smallest absolute Gasteiger partial charge is 0.285 e. The maximum Gasteiger partial charge on any atom is 0.285 e. The summed E-state index contributed by atoms with van der Waals surface area (Å²) in [6, 6.07) is 12.7. The van der Waals surface area contributed by atoms with Gasteiger partial charge >= 0.3 is 0 Å². The molecule has 0 atom stereocenters. The Morgan fingerprint density at radius 3 is 2.34 bits per heavy atom. The number of thioether (sulfide) groups is 1. The Morgan fingerprint density at radius 2 is 1.79 bits per heavy atom. The van der Waals surface area contributed by atoms with Crippen LogP contribution in [0.1, 0.15) is 15.9 Å². The number of nitro groups is 1. The molecule has 29 heavy (non-hydrogen) atoms. The van der Waals surface area contributed by atoms with Crippen molar-refractivity contribution in [2.45, 2.75) is 0 Å². The second-order valence-electron chi connectivity index (χ2n) is 6.25. The van der Waals surface area contributed by atoms with E-state index in [9.17, 15) is 19.7 Å². The summed E-state index contributed by atoms with van der Waals surface area (Å²) in [5, 5.41) is 11.7. The molecule has 1 fully saturated rings. The van der Waals surface area contributed by atoms with Crippen LogP contribution >= 0.6 is 24.0 Å². The maximum atomic E-state index is 12.6. The third-order valence-corrected chi connectivity index (χ3v) is 5.36. The highest BCUT2D eigenvalue weighted by atomic mass is 32.2. The van der Waals surface area contributed by atoms with Crippen molar-refractivity contribution in [1.29, 1.82) is 0 Å². The molecule has 1 aliphatic rings. The quantitative estimate of drug-likeness (QED) is 0.338. The number of carbonyl (C=O) groups excluding carboxylic acids is 2. The summed E-state index contributed by atoms with van der Waals surface area (Å²) in [7, 11) is 3.88. The van der Waals surface area contributed by atoms with Gasteiger partial charge in [-0.15, -0.1) is 0 Å². The monoisotopic (exact) mass is 428 g/mol. The zero-order chi connectivity index (χ0) is 21.1. The number of hydrogen-bond acceptors (Lipinski definition) is 7. The minimum Gasteiger partial charge on any atom is -0.378 e. The lowest BCUT2D eigenvalue weighted by Crippen LogP contribution is -2.44.